The number of amides is 1. The molecule has 1 aliphatic rings. The van der Waals surface area contributed by atoms with Crippen LogP contribution in [0, 0.1) is 13.8 Å². The molecule has 31 heavy (non-hydrogen) atoms. The third-order valence-corrected chi connectivity index (χ3v) is 5.98. The van der Waals surface area contributed by atoms with Crippen molar-refractivity contribution < 1.29 is 13.9 Å². The molecule has 1 amide bonds. The lowest BCUT2D eigenvalue weighted by Gasteiger charge is -2.25. The predicted molar refractivity (Wildman–Crippen MR) is 122 cm³/mol. The first-order chi connectivity index (χ1) is 14.8. The highest BCUT2D eigenvalue weighted by Gasteiger charge is 2.42. The van der Waals surface area contributed by atoms with Crippen LogP contribution in [0.2, 0.25) is 5.02 Å². The van der Waals surface area contributed by atoms with Crippen LogP contribution < -0.4 is 5.43 Å². The van der Waals surface area contributed by atoms with E-state index in [0.29, 0.717) is 41.1 Å². The third kappa shape index (κ3) is 4.00. The maximum Gasteiger partial charge on any atom is 0.290 e. The van der Waals surface area contributed by atoms with Gasteiger partial charge in [-0.3, -0.25) is 9.59 Å². The molecule has 1 atom stereocenters. The molecular formula is C25H26ClNO4. The molecule has 162 valence electrons. The zero-order chi connectivity index (χ0) is 22.3. The lowest BCUT2D eigenvalue weighted by Crippen LogP contribution is -2.31. The average Bonchev–Trinajstić information content (AvgIpc) is 2.99. The molecule has 0 radical (unpaired) electrons. The second-order valence-corrected chi connectivity index (χ2v) is 8.77. The van der Waals surface area contributed by atoms with Gasteiger partial charge < -0.3 is 14.1 Å². The topological polar surface area (TPSA) is 59.8 Å². The molecule has 0 saturated heterocycles. The number of carbonyl (C=O) groups is 1. The van der Waals surface area contributed by atoms with Gasteiger partial charge in [0.05, 0.1) is 23.1 Å². The summed E-state index contributed by atoms with van der Waals surface area (Å²) >= 11 is 6.24. The summed E-state index contributed by atoms with van der Waals surface area (Å²) in [5.41, 5.74) is 3.46. The number of nitrogens with zero attached hydrogens (tertiary/aromatic N) is 1. The van der Waals surface area contributed by atoms with Crippen molar-refractivity contribution in [1.82, 2.24) is 4.90 Å². The Balaban J connectivity index is 1.85. The molecule has 2 aromatic carbocycles. The number of benzene rings is 2. The summed E-state index contributed by atoms with van der Waals surface area (Å²) in [5.74, 6) is -0.155. The van der Waals surface area contributed by atoms with Gasteiger partial charge in [-0.15, -0.1) is 0 Å². The summed E-state index contributed by atoms with van der Waals surface area (Å²) < 4.78 is 11.7. The van der Waals surface area contributed by atoms with E-state index in [1.54, 1.807) is 17.0 Å². The number of aryl methyl sites for hydroxylation is 2. The molecule has 6 heteroatoms. The molecule has 5 nitrogen and oxygen atoms in total. The van der Waals surface area contributed by atoms with E-state index in [1.165, 1.54) is 0 Å². The van der Waals surface area contributed by atoms with E-state index >= 15 is 0 Å². The number of halogens is 1. The lowest BCUT2D eigenvalue weighted by atomic mass is 9.97. The minimum atomic E-state index is -0.539. The van der Waals surface area contributed by atoms with Gasteiger partial charge >= 0.3 is 0 Å². The Kier molecular flexibility index (Phi) is 5.91. The number of carbonyl (C=O) groups excluding carboxylic acids is 1. The maximum atomic E-state index is 13.6. The first-order valence-electron chi connectivity index (χ1n) is 10.5. The number of hydrogen-bond acceptors (Lipinski definition) is 4. The SMILES string of the molecule is Cc1cc2oc3c(c(=O)c2cc1C)[C@H](c1cccc(Cl)c1)N(CCCOC(C)C)C3=O. The van der Waals surface area contributed by atoms with E-state index < -0.39 is 6.04 Å². The van der Waals surface area contributed by atoms with Crippen LogP contribution in [0.5, 0.6) is 0 Å². The first kappa shape index (κ1) is 21.6. The predicted octanol–water partition coefficient (Wildman–Crippen LogP) is 5.42. The van der Waals surface area contributed by atoms with Crippen molar-refractivity contribution in [2.45, 2.75) is 46.3 Å². The number of ether oxygens (including phenoxy) is 1. The van der Waals surface area contributed by atoms with Gasteiger partial charge in [0.25, 0.3) is 5.91 Å². The van der Waals surface area contributed by atoms with Crippen molar-refractivity contribution in [1.29, 1.82) is 0 Å². The number of hydrogen-bond donors (Lipinski definition) is 0. The molecule has 2 heterocycles. The lowest BCUT2D eigenvalue weighted by molar-refractivity contribution is 0.0593. The van der Waals surface area contributed by atoms with Gasteiger partial charge in [-0.2, -0.15) is 0 Å². The zero-order valence-corrected chi connectivity index (χ0v) is 19.0. The Bertz CT molecular complexity index is 1210. The Morgan fingerprint density at radius 1 is 1.13 bits per heavy atom. The highest BCUT2D eigenvalue weighted by Crippen LogP contribution is 2.39. The molecule has 4 rings (SSSR count). The molecule has 3 aromatic rings. The summed E-state index contributed by atoms with van der Waals surface area (Å²) in [4.78, 5) is 28.6. The largest absolute Gasteiger partial charge is 0.450 e. The first-order valence-corrected chi connectivity index (χ1v) is 10.9. The van der Waals surface area contributed by atoms with Crippen LogP contribution >= 0.6 is 11.6 Å². The second-order valence-electron chi connectivity index (χ2n) is 8.34. The summed E-state index contributed by atoms with van der Waals surface area (Å²) in [5, 5.41) is 1.05. The third-order valence-electron chi connectivity index (χ3n) is 5.74. The molecule has 1 aromatic heterocycles. The van der Waals surface area contributed by atoms with Gasteiger partial charge in [0, 0.05) is 18.2 Å². The Hall–Kier alpha value is -2.63. The van der Waals surface area contributed by atoms with Gasteiger partial charge in [-0.25, -0.2) is 0 Å². The summed E-state index contributed by atoms with van der Waals surface area (Å²) in [6.07, 6.45) is 0.774. The van der Waals surface area contributed by atoms with Crippen LogP contribution in [0.25, 0.3) is 11.0 Å². The molecule has 0 spiro atoms. The minimum Gasteiger partial charge on any atom is -0.450 e. The van der Waals surface area contributed by atoms with E-state index in [1.807, 2.05) is 52.0 Å². The molecule has 0 saturated carbocycles. The molecule has 1 aliphatic heterocycles. The molecular weight excluding hydrogens is 414 g/mol. The van der Waals surface area contributed by atoms with E-state index in [0.717, 1.165) is 16.7 Å². The van der Waals surface area contributed by atoms with E-state index in [4.69, 9.17) is 20.8 Å². The van der Waals surface area contributed by atoms with Crippen molar-refractivity contribution in [3.8, 4) is 0 Å². The number of fused-ring (bicyclic) bond motifs is 2. The highest BCUT2D eigenvalue weighted by molar-refractivity contribution is 6.30. The monoisotopic (exact) mass is 439 g/mol. The summed E-state index contributed by atoms with van der Waals surface area (Å²) in [6.45, 7) is 8.84. The van der Waals surface area contributed by atoms with Gasteiger partial charge in [-0.05, 0) is 75.1 Å². The van der Waals surface area contributed by atoms with Gasteiger partial charge in [-0.1, -0.05) is 23.7 Å². The van der Waals surface area contributed by atoms with Crippen molar-refractivity contribution >= 4 is 28.5 Å². The fourth-order valence-corrected chi connectivity index (χ4v) is 4.28. The van der Waals surface area contributed by atoms with E-state index in [2.05, 4.69) is 0 Å². The van der Waals surface area contributed by atoms with Gasteiger partial charge in [0.2, 0.25) is 5.76 Å². The van der Waals surface area contributed by atoms with Crippen LogP contribution in [-0.4, -0.2) is 30.1 Å². The van der Waals surface area contributed by atoms with Crippen LogP contribution in [0.4, 0.5) is 0 Å². The molecule has 0 unspecified atom stereocenters. The normalized spacial score (nSPS) is 15.9. The van der Waals surface area contributed by atoms with Crippen molar-refractivity contribution in [3.63, 3.8) is 0 Å². The Labute approximate surface area is 186 Å². The van der Waals surface area contributed by atoms with Gasteiger partial charge in [0.1, 0.15) is 5.58 Å². The maximum absolute atomic E-state index is 13.6. The molecule has 0 fully saturated rings. The van der Waals surface area contributed by atoms with Crippen LogP contribution in [-0.2, 0) is 4.74 Å². The fourth-order valence-electron chi connectivity index (χ4n) is 4.08. The minimum absolute atomic E-state index is 0.121. The van der Waals surface area contributed by atoms with Crippen molar-refractivity contribution in [3.05, 3.63) is 79.7 Å². The smallest absolute Gasteiger partial charge is 0.290 e. The van der Waals surface area contributed by atoms with E-state index in [-0.39, 0.29) is 23.2 Å². The quantitative estimate of drug-likeness (QED) is 0.481. The van der Waals surface area contributed by atoms with E-state index in [9.17, 15) is 9.59 Å². The fraction of sp³-hybridized carbons (Fsp3) is 0.360. The van der Waals surface area contributed by atoms with Crippen molar-refractivity contribution in [2.75, 3.05) is 13.2 Å². The standard InChI is InChI=1S/C25H26ClNO4/c1-14(2)30-10-6-9-27-22(17-7-5-8-18(26)13-17)21-23(28)19-11-15(3)16(4)12-20(19)31-24(21)25(27)29/h5,7-8,11-14,22H,6,9-10H2,1-4H3/t22-/m0/s1. The average molecular weight is 440 g/mol. The Morgan fingerprint density at radius 2 is 1.87 bits per heavy atom. The Morgan fingerprint density at radius 3 is 2.58 bits per heavy atom. The van der Waals surface area contributed by atoms with Crippen molar-refractivity contribution in [2.24, 2.45) is 0 Å². The molecule has 0 aliphatic carbocycles. The van der Waals surface area contributed by atoms with Gasteiger partial charge in [0.15, 0.2) is 5.43 Å². The molecule has 0 bridgehead atoms. The molecule has 0 N–H and O–H groups in total. The highest BCUT2D eigenvalue weighted by atomic mass is 35.5. The summed E-state index contributed by atoms with van der Waals surface area (Å²) in [7, 11) is 0. The van der Waals surface area contributed by atoms with Crippen LogP contribution in [0.1, 0.15) is 59.1 Å². The summed E-state index contributed by atoms with van der Waals surface area (Å²) in [6, 6.07) is 10.4. The second kappa shape index (κ2) is 8.48. The van der Waals surface area contributed by atoms with Crippen LogP contribution in [0.15, 0.2) is 45.6 Å². The van der Waals surface area contributed by atoms with Crippen LogP contribution in [0.3, 0.4) is 0 Å². The number of rotatable bonds is 6. The zero-order valence-electron chi connectivity index (χ0n) is 18.2.